The lowest BCUT2D eigenvalue weighted by Gasteiger charge is -2.17. The van der Waals surface area contributed by atoms with E-state index in [1.165, 1.54) is 0 Å². The Morgan fingerprint density at radius 2 is 2.07 bits per heavy atom. The van der Waals surface area contributed by atoms with Crippen LogP contribution in [0.5, 0.6) is 0 Å². The highest BCUT2D eigenvalue weighted by atomic mass is 15.8. The van der Waals surface area contributed by atoms with Gasteiger partial charge >= 0.3 is 0 Å². The predicted molar refractivity (Wildman–Crippen MR) is 56.5 cm³/mol. The number of nitrogens with one attached hydrogen (secondary N) is 1. The summed E-state index contributed by atoms with van der Waals surface area (Å²) in [6, 6.07) is 0. The third-order valence-electron chi connectivity index (χ3n) is 2.25. The van der Waals surface area contributed by atoms with Gasteiger partial charge in [-0.05, 0) is 10.6 Å². The largest absolute Gasteiger partial charge is 0.222 e. The average molecular weight is 197 g/mol. The molecule has 0 amide bonds. The van der Waals surface area contributed by atoms with Gasteiger partial charge in [0, 0.05) is 18.7 Å². The van der Waals surface area contributed by atoms with Crippen LogP contribution in [-0.4, -0.2) is 25.3 Å². The van der Waals surface area contributed by atoms with E-state index in [0.717, 1.165) is 11.4 Å². The topological polar surface area (TPSA) is 32.4 Å². The van der Waals surface area contributed by atoms with E-state index in [2.05, 4.69) is 43.4 Å². The Morgan fingerprint density at radius 1 is 1.43 bits per heavy atom. The number of quaternary nitrogens is 1. The molecular formula is C10H21N4+. The summed E-state index contributed by atoms with van der Waals surface area (Å²) in [7, 11) is 4.00. The van der Waals surface area contributed by atoms with Crippen LogP contribution in [0.15, 0.2) is 22.6 Å². The van der Waals surface area contributed by atoms with Crippen LogP contribution >= 0.6 is 0 Å². The van der Waals surface area contributed by atoms with Crippen molar-refractivity contribution in [1.82, 2.24) is 5.01 Å². The maximum atomic E-state index is 4.05. The molecule has 1 aliphatic rings. The van der Waals surface area contributed by atoms with Gasteiger partial charge in [0.15, 0.2) is 0 Å². The molecule has 1 rings (SSSR count). The van der Waals surface area contributed by atoms with E-state index in [4.69, 9.17) is 0 Å². The van der Waals surface area contributed by atoms with E-state index in [-0.39, 0.29) is 5.41 Å². The van der Waals surface area contributed by atoms with Crippen LogP contribution in [-0.2, 0) is 0 Å². The summed E-state index contributed by atoms with van der Waals surface area (Å²) in [6.07, 6.45) is 5.81. The molecule has 0 aromatic rings. The van der Waals surface area contributed by atoms with Gasteiger partial charge in [-0.15, -0.1) is 0 Å². The predicted octanol–water partition coefficient (Wildman–Crippen LogP) is 1.05. The Balaban J connectivity index is 2.43. The molecule has 0 saturated carbocycles. The van der Waals surface area contributed by atoms with Gasteiger partial charge in [-0.2, -0.15) is 5.01 Å². The number of allylic oxidation sites excluding steroid dienone is 1. The van der Waals surface area contributed by atoms with Crippen molar-refractivity contribution < 1.29 is 5.01 Å². The molecular weight excluding hydrogens is 176 g/mol. The second kappa shape index (κ2) is 4.09. The van der Waals surface area contributed by atoms with Crippen molar-refractivity contribution in [3.05, 3.63) is 12.2 Å². The third kappa shape index (κ3) is 3.10. The maximum absolute atomic E-state index is 4.05. The van der Waals surface area contributed by atoms with E-state index in [9.17, 15) is 0 Å². The molecule has 1 heterocycles. The van der Waals surface area contributed by atoms with Crippen LogP contribution in [0.2, 0.25) is 0 Å². The van der Waals surface area contributed by atoms with Crippen molar-refractivity contribution in [2.24, 2.45) is 15.9 Å². The van der Waals surface area contributed by atoms with Gasteiger partial charge in [-0.1, -0.05) is 32.9 Å². The molecule has 0 spiro atoms. The standard InChI is InChI=1S/C10H20N4/c1-10(2,3)8-6-7-9-13(4)11-12-14(9)5/h6,8-9H,7H2,1-5H3/p+1/b8-6+. The first-order chi connectivity index (χ1) is 6.40. The number of rotatable bonds is 2. The highest BCUT2D eigenvalue weighted by Gasteiger charge is 2.27. The Labute approximate surface area is 86.2 Å². The van der Waals surface area contributed by atoms with Crippen molar-refractivity contribution in [2.75, 3.05) is 14.1 Å². The molecule has 0 radical (unpaired) electrons. The van der Waals surface area contributed by atoms with E-state index in [1.54, 1.807) is 0 Å². The summed E-state index contributed by atoms with van der Waals surface area (Å²) in [5, 5.41) is 11.1. The van der Waals surface area contributed by atoms with E-state index in [1.807, 2.05) is 19.1 Å². The zero-order valence-corrected chi connectivity index (χ0v) is 9.78. The Bertz CT molecular complexity index is 227. The van der Waals surface area contributed by atoms with Crippen molar-refractivity contribution in [2.45, 2.75) is 33.4 Å². The van der Waals surface area contributed by atoms with Crippen molar-refractivity contribution in [3.8, 4) is 0 Å². The van der Waals surface area contributed by atoms with Gasteiger partial charge in [-0.25, -0.2) is 5.01 Å². The summed E-state index contributed by atoms with van der Waals surface area (Å²) in [5.41, 5.74) is 0.263. The first-order valence-corrected chi connectivity index (χ1v) is 5.06. The lowest BCUT2D eigenvalue weighted by Crippen LogP contribution is -3.08. The van der Waals surface area contributed by atoms with Gasteiger partial charge in [0.1, 0.15) is 0 Å². The first kappa shape index (κ1) is 11.2. The number of hydrogen-bond acceptors (Lipinski definition) is 3. The van der Waals surface area contributed by atoms with Crippen LogP contribution in [0.3, 0.4) is 0 Å². The van der Waals surface area contributed by atoms with E-state index in [0.29, 0.717) is 6.17 Å². The molecule has 0 bridgehead atoms. The minimum absolute atomic E-state index is 0.263. The van der Waals surface area contributed by atoms with Crippen LogP contribution < -0.4 is 5.01 Å². The summed E-state index contributed by atoms with van der Waals surface area (Å²) in [4.78, 5) is 0. The molecule has 2 atom stereocenters. The minimum Gasteiger partial charge on any atom is -0.222 e. The molecule has 0 aliphatic carbocycles. The molecule has 0 aromatic carbocycles. The van der Waals surface area contributed by atoms with Gasteiger partial charge in [0.2, 0.25) is 6.17 Å². The summed E-state index contributed by atoms with van der Waals surface area (Å²) < 4.78 is 0. The second-order valence-corrected chi connectivity index (χ2v) is 4.92. The lowest BCUT2D eigenvalue weighted by molar-refractivity contribution is -0.915. The third-order valence-corrected chi connectivity index (χ3v) is 2.25. The first-order valence-electron chi connectivity index (χ1n) is 5.06. The van der Waals surface area contributed by atoms with Crippen LogP contribution in [0, 0.1) is 5.41 Å². The summed E-state index contributed by atoms with van der Waals surface area (Å²) >= 11 is 0. The van der Waals surface area contributed by atoms with Gasteiger partial charge in [0.05, 0.1) is 7.05 Å². The molecule has 0 fully saturated rings. The van der Waals surface area contributed by atoms with Crippen LogP contribution in [0.1, 0.15) is 27.2 Å². The minimum atomic E-state index is 0.263. The van der Waals surface area contributed by atoms with Gasteiger partial charge in [0.25, 0.3) is 0 Å². The molecule has 1 N–H and O–H groups in total. The average Bonchev–Trinajstić information content (AvgIpc) is 2.33. The normalized spacial score (nSPS) is 27.9. The maximum Gasteiger partial charge on any atom is 0.208 e. The smallest absolute Gasteiger partial charge is 0.208 e. The molecule has 14 heavy (non-hydrogen) atoms. The van der Waals surface area contributed by atoms with Crippen molar-refractivity contribution in [1.29, 1.82) is 0 Å². The Morgan fingerprint density at radius 3 is 2.50 bits per heavy atom. The molecule has 4 nitrogen and oxygen atoms in total. The summed E-state index contributed by atoms with van der Waals surface area (Å²) in [6.45, 7) is 6.60. The molecule has 0 saturated heterocycles. The van der Waals surface area contributed by atoms with Crippen LogP contribution in [0.25, 0.3) is 0 Å². The fraction of sp³-hybridized carbons (Fsp3) is 0.800. The Kier molecular flexibility index (Phi) is 3.26. The lowest BCUT2D eigenvalue weighted by atomic mass is 9.96. The zero-order chi connectivity index (χ0) is 10.8. The number of hydrogen-bond donors (Lipinski definition) is 1. The quantitative estimate of drug-likeness (QED) is 0.659. The van der Waals surface area contributed by atoms with E-state index < -0.39 is 0 Å². The van der Waals surface area contributed by atoms with Crippen molar-refractivity contribution >= 4 is 0 Å². The van der Waals surface area contributed by atoms with Crippen molar-refractivity contribution in [3.63, 3.8) is 0 Å². The van der Waals surface area contributed by atoms with E-state index >= 15 is 0 Å². The highest BCUT2D eigenvalue weighted by molar-refractivity contribution is 4.92. The molecule has 1 aliphatic heterocycles. The monoisotopic (exact) mass is 197 g/mol. The molecule has 80 valence electrons. The second-order valence-electron chi connectivity index (χ2n) is 4.92. The fourth-order valence-electron chi connectivity index (χ4n) is 1.41. The fourth-order valence-corrected chi connectivity index (χ4v) is 1.41. The zero-order valence-electron chi connectivity index (χ0n) is 9.78. The van der Waals surface area contributed by atoms with Gasteiger partial charge < -0.3 is 0 Å². The van der Waals surface area contributed by atoms with Crippen LogP contribution in [0.4, 0.5) is 0 Å². The van der Waals surface area contributed by atoms with Gasteiger partial charge in [-0.3, -0.25) is 0 Å². The molecule has 0 aromatic heterocycles. The molecule has 4 heteroatoms. The Hall–Kier alpha value is -0.900. The molecule has 2 unspecified atom stereocenters. The SMILES string of the molecule is CN1N=N[NH+](C)C1C/C=C/C(C)(C)C. The highest BCUT2D eigenvalue weighted by Crippen LogP contribution is 2.15. The number of nitrogens with zero attached hydrogens (tertiary/aromatic N) is 3. The summed E-state index contributed by atoms with van der Waals surface area (Å²) in [5.74, 6) is 0.